The van der Waals surface area contributed by atoms with Crippen LogP contribution in [-0.2, 0) is 16.6 Å². The van der Waals surface area contributed by atoms with Crippen LogP contribution in [0.5, 0.6) is 0 Å². The van der Waals surface area contributed by atoms with Gasteiger partial charge < -0.3 is 0 Å². The van der Waals surface area contributed by atoms with Gasteiger partial charge in [-0.3, -0.25) is 9.58 Å². The molecule has 6 nitrogen and oxygen atoms in total. The second-order valence-corrected chi connectivity index (χ2v) is 9.18. The van der Waals surface area contributed by atoms with Gasteiger partial charge in [-0.25, -0.2) is 13.1 Å². The standard InChI is InChI=1S/C16H24N4O2S2/c1-13(2)20-16(7-8-17-20)24(21,22)18-14-5-3-9-19(11-14)12-15-6-4-10-23-15/h4,6-8,10,13-14,18H,3,5,9,11-12H2,1-2H3. The summed E-state index contributed by atoms with van der Waals surface area (Å²) in [6.07, 6.45) is 3.41. The fourth-order valence-corrected chi connectivity index (χ4v) is 5.34. The maximum absolute atomic E-state index is 12.7. The third-order valence-electron chi connectivity index (χ3n) is 4.19. The van der Waals surface area contributed by atoms with Crippen molar-refractivity contribution in [3.05, 3.63) is 34.7 Å². The lowest BCUT2D eigenvalue weighted by Gasteiger charge is -2.32. The molecule has 0 spiro atoms. The molecule has 1 unspecified atom stereocenters. The highest BCUT2D eigenvalue weighted by Crippen LogP contribution is 2.19. The Labute approximate surface area is 147 Å². The van der Waals surface area contributed by atoms with Crippen molar-refractivity contribution < 1.29 is 8.42 Å². The molecule has 0 saturated carbocycles. The van der Waals surface area contributed by atoms with E-state index in [1.807, 2.05) is 13.8 Å². The topological polar surface area (TPSA) is 67.2 Å². The van der Waals surface area contributed by atoms with Crippen LogP contribution in [0.1, 0.15) is 37.6 Å². The van der Waals surface area contributed by atoms with Gasteiger partial charge in [0.05, 0.1) is 6.20 Å². The van der Waals surface area contributed by atoms with E-state index in [0.717, 1.165) is 32.5 Å². The average molecular weight is 369 g/mol. The molecule has 2 aromatic heterocycles. The van der Waals surface area contributed by atoms with Gasteiger partial charge in [0.2, 0.25) is 0 Å². The zero-order valence-corrected chi connectivity index (χ0v) is 15.7. The van der Waals surface area contributed by atoms with Crippen LogP contribution >= 0.6 is 11.3 Å². The maximum Gasteiger partial charge on any atom is 0.258 e. The quantitative estimate of drug-likeness (QED) is 0.850. The number of nitrogens with one attached hydrogen (secondary N) is 1. The molecular formula is C16H24N4O2S2. The first-order valence-electron chi connectivity index (χ1n) is 8.26. The average Bonchev–Trinajstić information content (AvgIpc) is 3.18. The van der Waals surface area contributed by atoms with Crippen LogP contribution in [0.4, 0.5) is 0 Å². The first-order chi connectivity index (χ1) is 11.5. The molecule has 0 bridgehead atoms. The summed E-state index contributed by atoms with van der Waals surface area (Å²) in [4.78, 5) is 3.64. The van der Waals surface area contributed by atoms with Crippen LogP contribution < -0.4 is 4.72 Å². The first-order valence-corrected chi connectivity index (χ1v) is 10.6. The first kappa shape index (κ1) is 17.6. The van der Waals surface area contributed by atoms with E-state index in [1.165, 1.54) is 4.88 Å². The Morgan fingerprint density at radius 2 is 2.25 bits per heavy atom. The summed E-state index contributed by atoms with van der Waals surface area (Å²) in [5.41, 5.74) is 0. The highest BCUT2D eigenvalue weighted by molar-refractivity contribution is 7.89. The highest BCUT2D eigenvalue weighted by atomic mass is 32.2. The molecule has 0 aliphatic carbocycles. The van der Waals surface area contributed by atoms with Crippen molar-refractivity contribution in [3.8, 4) is 0 Å². The van der Waals surface area contributed by atoms with Gasteiger partial charge in [0, 0.05) is 30.1 Å². The van der Waals surface area contributed by atoms with Gasteiger partial charge >= 0.3 is 0 Å². The Balaban J connectivity index is 1.67. The molecule has 1 saturated heterocycles. The number of nitrogens with zero attached hydrogens (tertiary/aromatic N) is 3. The number of thiophene rings is 1. The largest absolute Gasteiger partial charge is 0.297 e. The lowest BCUT2D eigenvalue weighted by atomic mass is 10.1. The van der Waals surface area contributed by atoms with Crippen LogP contribution in [-0.4, -0.2) is 42.2 Å². The number of rotatable bonds is 6. The van der Waals surface area contributed by atoms with Gasteiger partial charge in [-0.1, -0.05) is 6.07 Å². The van der Waals surface area contributed by atoms with Crippen LogP contribution in [0.3, 0.4) is 0 Å². The number of hydrogen-bond acceptors (Lipinski definition) is 5. The van der Waals surface area contributed by atoms with E-state index >= 15 is 0 Å². The minimum absolute atomic E-state index is 0.00765. The molecular weight excluding hydrogens is 344 g/mol. The van der Waals surface area contributed by atoms with E-state index in [1.54, 1.807) is 28.3 Å². The predicted molar refractivity (Wildman–Crippen MR) is 95.6 cm³/mol. The van der Waals surface area contributed by atoms with Crippen LogP contribution in [0.15, 0.2) is 34.8 Å². The van der Waals surface area contributed by atoms with Gasteiger partial charge in [0.15, 0.2) is 5.03 Å². The van der Waals surface area contributed by atoms with Crippen molar-refractivity contribution in [2.45, 2.75) is 50.3 Å². The monoisotopic (exact) mass is 368 g/mol. The third kappa shape index (κ3) is 4.05. The van der Waals surface area contributed by atoms with Crippen molar-refractivity contribution in [2.24, 2.45) is 0 Å². The Hall–Kier alpha value is -1.22. The van der Waals surface area contributed by atoms with Crippen molar-refractivity contribution in [3.63, 3.8) is 0 Å². The molecule has 3 heterocycles. The highest BCUT2D eigenvalue weighted by Gasteiger charge is 2.27. The van der Waals surface area contributed by atoms with Gasteiger partial charge in [0.1, 0.15) is 0 Å². The maximum atomic E-state index is 12.7. The zero-order valence-electron chi connectivity index (χ0n) is 14.1. The van der Waals surface area contributed by atoms with Crippen LogP contribution in [0.2, 0.25) is 0 Å². The molecule has 3 rings (SSSR count). The molecule has 24 heavy (non-hydrogen) atoms. The molecule has 132 valence electrons. The fourth-order valence-electron chi connectivity index (χ4n) is 3.10. The number of hydrogen-bond donors (Lipinski definition) is 1. The van der Waals surface area contributed by atoms with E-state index in [2.05, 4.69) is 32.2 Å². The van der Waals surface area contributed by atoms with Crippen LogP contribution in [0.25, 0.3) is 0 Å². The summed E-state index contributed by atoms with van der Waals surface area (Å²) >= 11 is 1.74. The number of aromatic nitrogens is 2. The molecule has 1 fully saturated rings. The van der Waals surface area contributed by atoms with Crippen molar-refractivity contribution >= 4 is 21.4 Å². The summed E-state index contributed by atoms with van der Waals surface area (Å²) in [5.74, 6) is 0. The molecule has 2 aromatic rings. The normalized spacial score (nSPS) is 19.9. The summed E-state index contributed by atoms with van der Waals surface area (Å²) in [6.45, 7) is 6.50. The van der Waals surface area contributed by atoms with Crippen LogP contribution in [0, 0.1) is 0 Å². The zero-order chi connectivity index (χ0) is 17.2. The smallest absolute Gasteiger partial charge is 0.258 e. The Bertz CT molecular complexity index is 753. The fraction of sp³-hybridized carbons (Fsp3) is 0.562. The third-order valence-corrected chi connectivity index (χ3v) is 6.56. The summed E-state index contributed by atoms with van der Waals surface area (Å²) in [6, 6.07) is 5.69. The van der Waals surface area contributed by atoms with E-state index in [9.17, 15) is 8.42 Å². The number of sulfonamides is 1. The van der Waals surface area contributed by atoms with Crippen molar-refractivity contribution in [1.82, 2.24) is 19.4 Å². The minimum Gasteiger partial charge on any atom is -0.297 e. The molecule has 0 radical (unpaired) electrons. The summed E-state index contributed by atoms with van der Waals surface area (Å²) < 4.78 is 29.9. The van der Waals surface area contributed by atoms with Gasteiger partial charge in [-0.05, 0) is 50.7 Å². The minimum atomic E-state index is -3.55. The molecule has 0 amide bonds. The lowest BCUT2D eigenvalue weighted by Crippen LogP contribution is -2.47. The van der Waals surface area contributed by atoms with E-state index in [-0.39, 0.29) is 17.1 Å². The molecule has 1 aliphatic heterocycles. The number of likely N-dealkylation sites (tertiary alicyclic amines) is 1. The summed E-state index contributed by atoms with van der Waals surface area (Å²) in [7, 11) is -3.55. The van der Waals surface area contributed by atoms with Gasteiger partial charge in [-0.2, -0.15) is 5.10 Å². The van der Waals surface area contributed by atoms with E-state index in [4.69, 9.17) is 0 Å². The molecule has 1 atom stereocenters. The van der Waals surface area contributed by atoms with Crippen molar-refractivity contribution in [2.75, 3.05) is 13.1 Å². The predicted octanol–water partition coefficient (Wildman–Crippen LogP) is 2.47. The molecule has 0 aromatic carbocycles. The summed E-state index contributed by atoms with van der Waals surface area (Å²) in [5, 5.41) is 6.45. The Morgan fingerprint density at radius 1 is 1.42 bits per heavy atom. The van der Waals surface area contributed by atoms with Gasteiger partial charge in [0.25, 0.3) is 10.0 Å². The number of piperidine rings is 1. The second kappa shape index (κ2) is 7.35. The molecule has 8 heteroatoms. The van der Waals surface area contributed by atoms with Gasteiger partial charge in [-0.15, -0.1) is 11.3 Å². The second-order valence-electron chi connectivity index (χ2n) is 6.48. The SMILES string of the molecule is CC(C)n1nccc1S(=O)(=O)NC1CCCN(Cc2cccs2)C1. The Morgan fingerprint density at radius 3 is 2.96 bits per heavy atom. The Kier molecular flexibility index (Phi) is 5.39. The van der Waals surface area contributed by atoms with E-state index in [0.29, 0.717) is 0 Å². The lowest BCUT2D eigenvalue weighted by molar-refractivity contribution is 0.196. The molecule has 1 aliphatic rings. The van der Waals surface area contributed by atoms with E-state index < -0.39 is 10.0 Å². The molecule has 1 N–H and O–H groups in total. The van der Waals surface area contributed by atoms with Crippen molar-refractivity contribution in [1.29, 1.82) is 0 Å².